The van der Waals surface area contributed by atoms with Crippen LogP contribution in [0.5, 0.6) is 0 Å². The molecule has 1 unspecified atom stereocenters. The Labute approximate surface area is 120 Å². The van der Waals surface area contributed by atoms with Crippen LogP contribution >= 0.6 is 0 Å². The summed E-state index contributed by atoms with van der Waals surface area (Å²) in [7, 11) is 2.12. The molecule has 1 aliphatic carbocycles. The van der Waals surface area contributed by atoms with Crippen molar-refractivity contribution in [1.29, 1.82) is 0 Å². The van der Waals surface area contributed by atoms with Gasteiger partial charge in [0.1, 0.15) is 5.78 Å². The highest BCUT2D eigenvalue weighted by molar-refractivity contribution is 5.88. The number of hydrogen-bond donors (Lipinski definition) is 0. The SMILES string of the molecule is Cc1ccc2c(c1)c(CC1CCCCC1=O)c(C)n2C. The smallest absolute Gasteiger partial charge is 0.136 e. The minimum absolute atomic E-state index is 0.244. The molecule has 1 fully saturated rings. The number of carbonyl (C=O) groups is 1. The first-order valence-electron chi connectivity index (χ1n) is 7.65. The Hall–Kier alpha value is -1.57. The highest BCUT2D eigenvalue weighted by atomic mass is 16.1. The quantitative estimate of drug-likeness (QED) is 0.804. The van der Waals surface area contributed by atoms with Crippen molar-refractivity contribution in [3.63, 3.8) is 0 Å². The third kappa shape index (κ3) is 2.17. The Morgan fingerprint density at radius 2 is 2.05 bits per heavy atom. The lowest BCUT2D eigenvalue weighted by Crippen LogP contribution is -2.21. The van der Waals surface area contributed by atoms with Crippen molar-refractivity contribution >= 4 is 16.7 Å². The van der Waals surface area contributed by atoms with E-state index >= 15 is 0 Å². The predicted octanol–water partition coefficient (Wildman–Crippen LogP) is 4.10. The summed E-state index contributed by atoms with van der Waals surface area (Å²) in [4.78, 5) is 12.1. The van der Waals surface area contributed by atoms with Gasteiger partial charge in [-0.2, -0.15) is 0 Å². The first-order chi connectivity index (χ1) is 9.58. The van der Waals surface area contributed by atoms with Gasteiger partial charge in [0.2, 0.25) is 0 Å². The molecule has 0 bridgehead atoms. The number of fused-ring (bicyclic) bond motifs is 1. The second-order valence-corrected chi connectivity index (χ2v) is 6.26. The normalized spacial score (nSPS) is 19.8. The maximum absolute atomic E-state index is 12.1. The summed E-state index contributed by atoms with van der Waals surface area (Å²) in [5, 5.41) is 1.34. The summed E-state index contributed by atoms with van der Waals surface area (Å²) in [5.41, 5.74) is 5.26. The van der Waals surface area contributed by atoms with E-state index in [2.05, 4.69) is 43.7 Å². The van der Waals surface area contributed by atoms with E-state index in [4.69, 9.17) is 0 Å². The fourth-order valence-corrected chi connectivity index (χ4v) is 3.54. The molecular formula is C18H23NO. The van der Waals surface area contributed by atoms with Gasteiger partial charge in [-0.1, -0.05) is 18.1 Å². The third-order valence-corrected chi connectivity index (χ3v) is 4.91. The van der Waals surface area contributed by atoms with Crippen LogP contribution in [0.15, 0.2) is 18.2 Å². The first-order valence-corrected chi connectivity index (χ1v) is 7.65. The molecule has 2 nitrogen and oxygen atoms in total. The molecule has 2 heteroatoms. The van der Waals surface area contributed by atoms with Crippen LogP contribution in [-0.2, 0) is 18.3 Å². The molecule has 2 aromatic rings. The average Bonchev–Trinajstić information content (AvgIpc) is 2.66. The van der Waals surface area contributed by atoms with E-state index < -0.39 is 0 Å². The third-order valence-electron chi connectivity index (χ3n) is 4.91. The predicted molar refractivity (Wildman–Crippen MR) is 83.1 cm³/mol. The molecule has 0 aliphatic heterocycles. The van der Waals surface area contributed by atoms with E-state index in [1.54, 1.807) is 0 Å². The van der Waals surface area contributed by atoms with Crippen LogP contribution < -0.4 is 0 Å². The molecule has 1 heterocycles. The van der Waals surface area contributed by atoms with E-state index in [9.17, 15) is 4.79 Å². The summed E-state index contributed by atoms with van der Waals surface area (Å²) in [6.07, 6.45) is 5.07. The van der Waals surface area contributed by atoms with Crippen LogP contribution in [0.3, 0.4) is 0 Å². The van der Waals surface area contributed by atoms with Crippen molar-refractivity contribution in [2.75, 3.05) is 0 Å². The molecule has 1 saturated carbocycles. The van der Waals surface area contributed by atoms with Gasteiger partial charge >= 0.3 is 0 Å². The van der Waals surface area contributed by atoms with Gasteiger partial charge in [-0.15, -0.1) is 0 Å². The van der Waals surface area contributed by atoms with E-state index in [0.717, 1.165) is 25.7 Å². The molecule has 0 radical (unpaired) electrons. The maximum Gasteiger partial charge on any atom is 0.136 e. The molecule has 1 aromatic carbocycles. The van der Waals surface area contributed by atoms with Crippen LogP contribution in [0.4, 0.5) is 0 Å². The number of aryl methyl sites for hydroxylation is 2. The van der Waals surface area contributed by atoms with E-state index in [-0.39, 0.29) is 5.92 Å². The van der Waals surface area contributed by atoms with Gasteiger partial charge in [0, 0.05) is 36.0 Å². The van der Waals surface area contributed by atoms with Crippen molar-refractivity contribution in [1.82, 2.24) is 4.57 Å². The van der Waals surface area contributed by atoms with Gasteiger partial charge in [0.15, 0.2) is 0 Å². The van der Waals surface area contributed by atoms with E-state index in [1.807, 2.05) is 0 Å². The Kier molecular flexibility index (Phi) is 3.41. The highest BCUT2D eigenvalue weighted by Crippen LogP contribution is 2.31. The molecule has 0 spiro atoms. The number of rotatable bonds is 2. The van der Waals surface area contributed by atoms with Gasteiger partial charge in [-0.25, -0.2) is 0 Å². The lowest BCUT2D eigenvalue weighted by Gasteiger charge is -2.20. The van der Waals surface area contributed by atoms with Gasteiger partial charge in [-0.3, -0.25) is 4.79 Å². The van der Waals surface area contributed by atoms with Gasteiger partial charge < -0.3 is 4.57 Å². The lowest BCUT2D eigenvalue weighted by molar-refractivity contribution is -0.124. The number of carbonyl (C=O) groups excluding carboxylic acids is 1. The number of ketones is 1. The molecule has 1 aromatic heterocycles. The Morgan fingerprint density at radius 1 is 1.25 bits per heavy atom. The summed E-state index contributed by atoms with van der Waals surface area (Å²) in [5.74, 6) is 0.717. The monoisotopic (exact) mass is 269 g/mol. The standard InChI is InChI=1S/C18H23NO/c1-12-8-9-17-16(10-12)15(13(2)19(17)3)11-14-6-4-5-7-18(14)20/h8-10,14H,4-7,11H2,1-3H3. The summed E-state index contributed by atoms with van der Waals surface area (Å²) in [6.45, 7) is 4.31. The molecule has 1 aliphatic rings. The van der Waals surface area contributed by atoms with Crippen molar-refractivity contribution in [3.05, 3.63) is 35.0 Å². The molecular weight excluding hydrogens is 246 g/mol. The Balaban J connectivity index is 2.04. The van der Waals surface area contributed by atoms with Crippen LogP contribution in [-0.4, -0.2) is 10.4 Å². The highest BCUT2D eigenvalue weighted by Gasteiger charge is 2.24. The summed E-state index contributed by atoms with van der Waals surface area (Å²) >= 11 is 0. The number of benzene rings is 1. The topological polar surface area (TPSA) is 22.0 Å². The second-order valence-electron chi connectivity index (χ2n) is 6.26. The number of nitrogens with zero attached hydrogens (tertiary/aromatic N) is 1. The lowest BCUT2D eigenvalue weighted by atomic mass is 9.83. The zero-order valence-corrected chi connectivity index (χ0v) is 12.7. The summed E-state index contributed by atoms with van der Waals surface area (Å²) < 4.78 is 2.26. The zero-order valence-electron chi connectivity index (χ0n) is 12.7. The minimum Gasteiger partial charge on any atom is -0.348 e. The molecule has 0 N–H and O–H groups in total. The van der Waals surface area contributed by atoms with Crippen molar-refractivity contribution in [2.45, 2.75) is 46.0 Å². The number of aromatic nitrogens is 1. The van der Waals surface area contributed by atoms with Crippen LogP contribution in [0.25, 0.3) is 10.9 Å². The van der Waals surface area contributed by atoms with Gasteiger partial charge in [-0.05, 0) is 50.8 Å². The van der Waals surface area contributed by atoms with Gasteiger partial charge in [0.05, 0.1) is 0 Å². The number of hydrogen-bond acceptors (Lipinski definition) is 1. The Bertz CT molecular complexity index is 666. The van der Waals surface area contributed by atoms with Crippen molar-refractivity contribution in [3.8, 4) is 0 Å². The molecule has 106 valence electrons. The largest absolute Gasteiger partial charge is 0.348 e. The molecule has 0 saturated heterocycles. The van der Waals surface area contributed by atoms with E-state index in [0.29, 0.717) is 5.78 Å². The van der Waals surface area contributed by atoms with Crippen molar-refractivity contribution < 1.29 is 4.79 Å². The molecule has 3 rings (SSSR count). The number of Topliss-reactive ketones (excluding diaryl/α,β-unsaturated/α-hetero) is 1. The maximum atomic E-state index is 12.1. The average molecular weight is 269 g/mol. The van der Waals surface area contributed by atoms with Crippen LogP contribution in [0.1, 0.15) is 42.5 Å². The molecule has 20 heavy (non-hydrogen) atoms. The minimum atomic E-state index is 0.244. The zero-order chi connectivity index (χ0) is 14.3. The Morgan fingerprint density at radius 3 is 2.80 bits per heavy atom. The van der Waals surface area contributed by atoms with Crippen LogP contribution in [0.2, 0.25) is 0 Å². The second kappa shape index (κ2) is 5.08. The molecule has 1 atom stereocenters. The van der Waals surface area contributed by atoms with Gasteiger partial charge in [0.25, 0.3) is 0 Å². The summed E-state index contributed by atoms with van der Waals surface area (Å²) in [6, 6.07) is 6.63. The first kappa shape index (κ1) is 13.4. The molecule has 0 amide bonds. The van der Waals surface area contributed by atoms with Crippen molar-refractivity contribution in [2.24, 2.45) is 13.0 Å². The van der Waals surface area contributed by atoms with Crippen LogP contribution in [0, 0.1) is 19.8 Å². The fraction of sp³-hybridized carbons (Fsp3) is 0.500. The van der Waals surface area contributed by atoms with E-state index in [1.165, 1.54) is 34.1 Å². The fourth-order valence-electron chi connectivity index (χ4n) is 3.54.